The van der Waals surface area contributed by atoms with E-state index in [1.54, 1.807) is 30.6 Å². The van der Waals surface area contributed by atoms with Crippen molar-refractivity contribution < 1.29 is 19.4 Å². The van der Waals surface area contributed by atoms with E-state index in [9.17, 15) is 9.90 Å². The van der Waals surface area contributed by atoms with Crippen molar-refractivity contribution in [2.75, 3.05) is 19.8 Å². The molecule has 1 aliphatic heterocycles. The van der Waals surface area contributed by atoms with Crippen LogP contribution in [0.25, 0.3) is 5.52 Å². The fourth-order valence-corrected chi connectivity index (χ4v) is 3.72. The number of hydrogen-bond acceptors (Lipinski definition) is 5. The molecule has 1 atom stereocenters. The van der Waals surface area contributed by atoms with Crippen molar-refractivity contribution in [3.05, 3.63) is 35.2 Å². The first kappa shape index (κ1) is 16.9. The smallest absolute Gasteiger partial charge is 0.340 e. The number of carbonyl (C=O) groups excluding carboxylic acids is 1. The van der Waals surface area contributed by atoms with Crippen LogP contribution in [0, 0.1) is 12.8 Å². The lowest BCUT2D eigenvalue weighted by Crippen LogP contribution is -2.37. The molecule has 3 heterocycles. The molecule has 0 radical (unpaired) electrons. The molecule has 1 unspecified atom stereocenters. The fourth-order valence-electron chi connectivity index (χ4n) is 3.72. The lowest BCUT2D eigenvalue weighted by atomic mass is 9.79. The summed E-state index contributed by atoms with van der Waals surface area (Å²) in [7, 11) is 0. The van der Waals surface area contributed by atoms with Gasteiger partial charge in [0.1, 0.15) is 5.60 Å². The van der Waals surface area contributed by atoms with Gasteiger partial charge in [0.05, 0.1) is 23.4 Å². The van der Waals surface area contributed by atoms with Crippen LogP contribution in [-0.4, -0.2) is 40.5 Å². The van der Waals surface area contributed by atoms with Crippen molar-refractivity contribution >= 4 is 11.5 Å². The maximum atomic E-state index is 12.4. The molecule has 6 heteroatoms. The third-order valence-electron chi connectivity index (χ3n) is 4.92. The van der Waals surface area contributed by atoms with Crippen LogP contribution >= 0.6 is 0 Å². The Labute approximate surface area is 141 Å². The van der Waals surface area contributed by atoms with E-state index in [0.717, 1.165) is 18.4 Å². The second-order valence-corrected chi connectivity index (χ2v) is 6.42. The predicted molar refractivity (Wildman–Crippen MR) is 89.0 cm³/mol. The number of ether oxygens (including phenoxy) is 2. The Kier molecular flexibility index (Phi) is 4.60. The molecule has 24 heavy (non-hydrogen) atoms. The van der Waals surface area contributed by atoms with Gasteiger partial charge in [0.15, 0.2) is 0 Å². The number of rotatable bonds is 4. The lowest BCUT2D eigenvalue weighted by Gasteiger charge is -2.35. The summed E-state index contributed by atoms with van der Waals surface area (Å²) in [6.07, 6.45) is 3.22. The van der Waals surface area contributed by atoms with E-state index in [1.165, 1.54) is 0 Å². The van der Waals surface area contributed by atoms with Crippen molar-refractivity contribution in [1.29, 1.82) is 0 Å². The Balaban J connectivity index is 2.17. The van der Waals surface area contributed by atoms with Gasteiger partial charge < -0.3 is 14.6 Å². The van der Waals surface area contributed by atoms with Crippen molar-refractivity contribution in [3.8, 4) is 0 Å². The summed E-state index contributed by atoms with van der Waals surface area (Å²) in [5, 5.41) is 15.7. The number of fused-ring (bicyclic) bond motifs is 1. The van der Waals surface area contributed by atoms with Gasteiger partial charge in [-0.2, -0.15) is 5.10 Å². The normalized spacial score (nSPS) is 18.5. The molecule has 0 bridgehead atoms. The van der Waals surface area contributed by atoms with Gasteiger partial charge in [-0.05, 0) is 57.2 Å². The number of hydrogen-bond donors (Lipinski definition) is 1. The van der Waals surface area contributed by atoms with Gasteiger partial charge in [-0.25, -0.2) is 9.31 Å². The molecule has 0 aromatic carbocycles. The van der Waals surface area contributed by atoms with Crippen LogP contribution < -0.4 is 0 Å². The average Bonchev–Trinajstić information content (AvgIpc) is 2.88. The Bertz CT molecular complexity index is 745. The second-order valence-electron chi connectivity index (χ2n) is 6.42. The Morgan fingerprint density at radius 1 is 1.50 bits per heavy atom. The number of carbonyl (C=O) groups is 1. The Hall–Kier alpha value is -1.92. The first-order chi connectivity index (χ1) is 11.5. The summed E-state index contributed by atoms with van der Waals surface area (Å²) in [6, 6.07) is 3.61. The fraction of sp³-hybridized carbons (Fsp3) is 0.556. The van der Waals surface area contributed by atoms with Crippen LogP contribution in [-0.2, 0) is 15.1 Å². The van der Waals surface area contributed by atoms with Gasteiger partial charge in [0, 0.05) is 19.4 Å². The third-order valence-corrected chi connectivity index (χ3v) is 4.92. The van der Waals surface area contributed by atoms with Crippen molar-refractivity contribution in [2.45, 2.75) is 39.2 Å². The van der Waals surface area contributed by atoms with Crippen molar-refractivity contribution in [3.63, 3.8) is 0 Å². The molecule has 1 saturated heterocycles. The quantitative estimate of drug-likeness (QED) is 0.871. The third kappa shape index (κ3) is 2.70. The molecule has 1 aliphatic rings. The standard InChI is InChI=1S/C18H24N2O4/c1-4-24-17(21)15-12(2)16(20-14(15)6-5-9-19-20)18(3,22)13-7-10-23-11-8-13/h5-6,9,13,22H,4,7-8,10-11H2,1-3H3. The van der Waals surface area contributed by atoms with E-state index >= 15 is 0 Å². The van der Waals surface area contributed by atoms with Gasteiger partial charge in [-0.1, -0.05) is 0 Å². The predicted octanol–water partition coefficient (Wildman–Crippen LogP) is 2.45. The highest BCUT2D eigenvalue weighted by atomic mass is 16.5. The van der Waals surface area contributed by atoms with E-state index in [2.05, 4.69) is 5.10 Å². The summed E-state index contributed by atoms with van der Waals surface area (Å²) >= 11 is 0. The number of aliphatic hydroxyl groups is 1. The monoisotopic (exact) mass is 332 g/mol. The minimum atomic E-state index is -1.10. The van der Waals surface area contributed by atoms with Crippen molar-refractivity contribution in [1.82, 2.24) is 9.61 Å². The molecule has 2 aromatic heterocycles. The van der Waals surface area contributed by atoms with Crippen LogP contribution in [0.5, 0.6) is 0 Å². The van der Waals surface area contributed by atoms with Crippen LogP contribution in [0.2, 0.25) is 0 Å². The summed E-state index contributed by atoms with van der Waals surface area (Å²) in [6.45, 7) is 7.03. The van der Waals surface area contributed by atoms with Crippen LogP contribution in [0.4, 0.5) is 0 Å². The van der Waals surface area contributed by atoms with Crippen molar-refractivity contribution in [2.24, 2.45) is 5.92 Å². The minimum Gasteiger partial charge on any atom is -0.462 e. The molecule has 0 amide bonds. The van der Waals surface area contributed by atoms with Crippen LogP contribution in [0.15, 0.2) is 18.3 Å². The highest BCUT2D eigenvalue weighted by Crippen LogP contribution is 2.39. The highest BCUT2D eigenvalue weighted by molar-refractivity contribution is 5.99. The second kappa shape index (κ2) is 6.53. The van der Waals surface area contributed by atoms with Gasteiger partial charge in [-0.3, -0.25) is 0 Å². The molecule has 2 aromatic rings. The van der Waals surface area contributed by atoms with E-state index in [0.29, 0.717) is 36.6 Å². The van der Waals surface area contributed by atoms with Crippen LogP contribution in [0.1, 0.15) is 48.3 Å². The van der Waals surface area contributed by atoms with Gasteiger partial charge in [-0.15, -0.1) is 0 Å². The molecule has 130 valence electrons. The molecular formula is C18H24N2O4. The molecule has 0 spiro atoms. The molecule has 0 aliphatic carbocycles. The van der Waals surface area contributed by atoms with E-state index in [1.807, 2.05) is 13.0 Å². The molecular weight excluding hydrogens is 308 g/mol. The minimum absolute atomic E-state index is 0.0556. The summed E-state index contributed by atoms with van der Waals surface area (Å²) in [4.78, 5) is 12.4. The average molecular weight is 332 g/mol. The number of aromatic nitrogens is 2. The summed E-state index contributed by atoms with van der Waals surface area (Å²) in [5.41, 5.74) is 1.43. The van der Waals surface area contributed by atoms with E-state index < -0.39 is 5.60 Å². The largest absolute Gasteiger partial charge is 0.462 e. The zero-order valence-corrected chi connectivity index (χ0v) is 14.4. The maximum Gasteiger partial charge on any atom is 0.340 e. The highest BCUT2D eigenvalue weighted by Gasteiger charge is 2.40. The summed E-state index contributed by atoms with van der Waals surface area (Å²) in [5.74, 6) is -0.324. The van der Waals surface area contributed by atoms with Gasteiger partial charge in [0.25, 0.3) is 0 Å². The molecule has 3 rings (SSSR count). The van der Waals surface area contributed by atoms with Gasteiger partial charge >= 0.3 is 5.97 Å². The first-order valence-electron chi connectivity index (χ1n) is 8.42. The molecule has 1 fully saturated rings. The van der Waals surface area contributed by atoms with Gasteiger partial charge in [0.2, 0.25) is 0 Å². The van der Waals surface area contributed by atoms with E-state index in [4.69, 9.17) is 9.47 Å². The van der Waals surface area contributed by atoms with E-state index in [-0.39, 0.29) is 11.9 Å². The van der Waals surface area contributed by atoms with Crippen LogP contribution in [0.3, 0.4) is 0 Å². The zero-order valence-electron chi connectivity index (χ0n) is 14.4. The Morgan fingerprint density at radius 2 is 2.21 bits per heavy atom. The summed E-state index contributed by atoms with van der Waals surface area (Å²) < 4.78 is 12.3. The SMILES string of the molecule is CCOC(=O)c1c(C)c(C(C)(O)C2CCOCC2)n2ncccc12. The maximum absolute atomic E-state index is 12.4. The molecule has 0 saturated carbocycles. The first-order valence-corrected chi connectivity index (χ1v) is 8.42. The zero-order chi connectivity index (χ0) is 17.3. The molecule has 1 N–H and O–H groups in total. The number of nitrogens with zero attached hydrogens (tertiary/aromatic N) is 2. The number of esters is 1. The molecule has 6 nitrogen and oxygen atoms in total. The topological polar surface area (TPSA) is 73.1 Å². The Morgan fingerprint density at radius 3 is 2.88 bits per heavy atom. The lowest BCUT2D eigenvalue weighted by molar-refractivity contribution is -0.0618.